The van der Waals surface area contributed by atoms with Crippen molar-refractivity contribution in [3.63, 3.8) is 0 Å². The van der Waals surface area contributed by atoms with Gasteiger partial charge >= 0.3 is 0 Å². The molecule has 2 amide bonds. The molecule has 1 N–H and O–H groups in total. The quantitative estimate of drug-likeness (QED) is 0.647. The molecule has 6 nitrogen and oxygen atoms in total. The fourth-order valence-corrected chi connectivity index (χ4v) is 3.54. The molecule has 132 valence electrons. The number of hydrogen-bond acceptors (Lipinski definition) is 4. The number of halogens is 2. The lowest BCUT2D eigenvalue weighted by Gasteiger charge is -2.40. The van der Waals surface area contributed by atoms with Gasteiger partial charge in [0, 0.05) is 10.6 Å². The fourth-order valence-electron chi connectivity index (χ4n) is 3.02. The Morgan fingerprint density at radius 2 is 2.00 bits per heavy atom. The van der Waals surface area contributed by atoms with Crippen LogP contribution in [0.1, 0.15) is 17.2 Å². The second-order valence-corrected chi connectivity index (χ2v) is 6.81. The lowest BCUT2D eigenvalue weighted by molar-refractivity contribution is -0.145. The van der Waals surface area contributed by atoms with Crippen LogP contribution in [-0.2, 0) is 9.59 Å². The summed E-state index contributed by atoms with van der Waals surface area (Å²) in [7, 11) is 1.56. The molecule has 2 unspecified atom stereocenters. The first kappa shape index (κ1) is 16.9. The van der Waals surface area contributed by atoms with Crippen LogP contribution in [0.4, 0.5) is 5.69 Å². The number of nitrogens with zero attached hydrogens (tertiary/aromatic N) is 2. The predicted octanol–water partition coefficient (Wildman–Crippen LogP) is 3.20. The molecular weight excluding hydrogens is 377 g/mol. The zero-order valence-electron chi connectivity index (χ0n) is 13.6. The number of amides is 2. The van der Waals surface area contributed by atoms with Crippen LogP contribution >= 0.6 is 23.2 Å². The van der Waals surface area contributed by atoms with Crippen molar-refractivity contribution in [2.24, 2.45) is 5.10 Å². The number of ether oxygens (including phenoxy) is 1. The van der Waals surface area contributed by atoms with Gasteiger partial charge in [-0.3, -0.25) is 9.59 Å². The van der Waals surface area contributed by atoms with Gasteiger partial charge in [0.25, 0.3) is 11.8 Å². The maximum absolute atomic E-state index is 12.3. The van der Waals surface area contributed by atoms with E-state index in [2.05, 4.69) is 10.4 Å². The van der Waals surface area contributed by atoms with Gasteiger partial charge in [0.05, 0.1) is 12.8 Å². The van der Waals surface area contributed by atoms with Gasteiger partial charge in [-0.25, -0.2) is 5.01 Å². The summed E-state index contributed by atoms with van der Waals surface area (Å²) in [5.74, 6) is -0.109. The minimum absolute atomic E-state index is 0.132. The smallest absolute Gasteiger partial charge is 0.276 e. The van der Waals surface area contributed by atoms with Gasteiger partial charge in [-0.1, -0.05) is 23.7 Å². The van der Waals surface area contributed by atoms with Gasteiger partial charge in [-0.05, 0) is 35.9 Å². The van der Waals surface area contributed by atoms with Crippen molar-refractivity contribution in [3.8, 4) is 5.75 Å². The summed E-state index contributed by atoms with van der Waals surface area (Å²) >= 11 is 12.2. The van der Waals surface area contributed by atoms with E-state index in [1.165, 1.54) is 5.01 Å². The van der Waals surface area contributed by atoms with Gasteiger partial charge in [0.15, 0.2) is 5.71 Å². The van der Waals surface area contributed by atoms with Crippen LogP contribution in [0.25, 0.3) is 0 Å². The topological polar surface area (TPSA) is 71.0 Å². The highest BCUT2D eigenvalue weighted by molar-refractivity contribution is 6.54. The average Bonchev–Trinajstić information content (AvgIpc) is 2.95. The molecule has 0 saturated carbocycles. The standard InChI is InChI=1S/C18H13Cl2N3O3/c1-26-11-4-2-3-9(7-11)16-14(20)18(25)23(16)22-15-12-8-10(19)5-6-13(12)21-17(15)24/h2-8,14,16H,1H3,(H,21,22,24). The van der Waals surface area contributed by atoms with Crippen molar-refractivity contribution in [1.29, 1.82) is 0 Å². The highest BCUT2D eigenvalue weighted by atomic mass is 35.5. The Labute approximate surface area is 159 Å². The Morgan fingerprint density at radius 3 is 2.77 bits per heavy atom. The van der Waals surface area contributed by atoms with E-state index in [0.29, 0.717) is 22.0 Å². The first-order valence-corrected chi connectivity index (χ1v) is 8.62. The Bertz CT molecular complexity index is 960. The first-order chi connectivity index (χ1) is 12.5. The molecule has 2 aliphatic rings. The third kappa shape index (κ3) is 2.62. The molecule has 2 aromatic carbocycles. The number of hydrazone groups is 1. The molecule has 2 atom stereocenters. The third-order valence-electron chi connectivity index (χ3n) is 4.35. The Kier molecular flexibility index (Phi) is 4.09. The molecule has 1 fully saturated rings. The predicted molar refractivity (Wildman–Crippen MR) is 98.8 cm³/mol. The molecular formula is C18H13Cl2N3O3. The molecule has 2 aliphatic heterocycles. The van der Waals surface area contributed by atoms with Crippen molar-refractivity contribution in [3.05, 3.63) is 58.6 Å². The maximum Gasteiger partial charge on any atom is 0.276 e. The van der Waals surface area contributed by atoms with Gasteiger partial charge in [0.1, 0.15) is 17.2 Å². The van der Waals surface area contributed by atoms with Crippen LogP contribution < -0.4 is 10.1 Å². The monoisotopic (exact) mass is 389 g/mol. The van der Waals surface area contributed by atoms with Crippen LogP contribution in [0, 0.1) is 0 Å². The Morgan fingerprint density at radius 1 is 1.19 bits per heavy atom. The average molecular weight is 390 g/mol. The van der Waals surface area contributed by atoms with Crippen LogP contribution in [0.15, 0.2) is 47.6 Å². The number of fused-ring (bicyclic) bond motifs is 1. The molecule has 0 bridgehead atoms. The zero-order chi connectivity index (χ0) is 18.4. The van der Waals surface area contributed by atoms with E-state index in [-0.39, 0.29) is 11.6 Å². The highest BCUT2D eigenvalue weighted by Gasteiger charge is 2.48. The molecule has 2 aromatic rings. The molecule has 0 spiro atoms. The summed E-state index contributed by atoms with van der Waals surface area (Å²) in [4.78, 5) is 24.5. The Hall–Kier alpha value is -2.57. The number of anilines is 1. The van der Waals surface area contributed by atoms with Crippen LogP contribution in [-0.4, -0.2) is 35.0 Å². The molecule has 8 heteroatoms. The van der Waals surface area contributed by atoms with Gasteiger partial charge in [0.2, 0.25) is 0 Å². The highest BCUT2D eigenvalue weighted by Crippen LogP contribution is 2.40. The number of hydrogen-bond donors (Lipinski definition) is 1. The zero-order valence-corrected chi connectivity index (χ0v) is 15.1. The number of alkyl halides is 1. The summed E-state index contributed by atoms with van der Waals surface area (Å²) in [6.45, 7) is 0. The number of nitrogens with one attached hydrogen (secondary N) is 1. The first-order valence-electron chi connectivity index (χ1n) is 7.80. The molecule has 2 heterocycles. The third-order valence-corrected chi connectivity index (χ3v) is 5.01. The molecule has 0 aromatic heterocycles. The van der Waals surface area contributed by atoms with Crippen molar-refractivity contribution in [2.75, 3.05) is 12.4 Å². The Balaban J connectivity index is 1.73. The summed E-state index contributed by atoms with van der Waals surface area (Å²) in [5, 5.41) is 7.95. The largest absolute Gasteiger partial charge is 0.497 e. The summed E-state index contributed by atoms with van der Waals surface area (Å²) in [6, 6.07) is 11.8. The lowest BCUT2D eigenvalue weighted by atomic mass is 9.95. The van der Waals surface area contributed by atoms with Gasteiger partial charge in [-0.15, -0.1) is 11.6 Å². The van der Waals surface area contributed by atoms with Gasteiger partial charge in [-0.2, -0.15) is 5.10 Å². The fraction of sp³-hybridized carbons (Fsp3) is 0.167. The molecule has 26 heavy (non-hydrogen) atoms. The van der Waals surface area contributed by atoms with Crippen LogP contribution in [0.3, 0.4) is 0 Å². The maximum atomic E-state index is 12.3. The normalized spacial score (nSPS) is 22.9. The summed E-state index contributed by atoms with van der Waals surface area (Å²) in [5.41, 5.74) is 2.06. The lowest BCUT2D eigenvalue weighted by Crippen LogP contribution is -2.53. The number of methoxy groups -OCH3 is 1. The van der Waals surface area contributed by atoms with E-state index in [1.807, 2.05) is 12.1 Å². The van der Waals surface area contributed by atoms with Crippen molar-refractivity contribution >= 4 is 46.4 Å². The molecule has 1 saturated heterocycles. The van der Waals surface area contributed by atoms with E-state index < -0.39 is 17.3 Å². The van der Waals surface area contributed by atoms with Crippen LogP contribution in [0.5, 0.6) is 5.75 Å². The van der Waals surface area contributed by atoms with E-state index in [0.717, 1.165) is 5.56 Å². The van der Waals surface area contributed by atoms with Crippen molar-refractivity contribution in [1.82, 2.24) is 5.01 Å². The van der Waals surface area contributed by atoms with E-state index in [4.69, 9.17) is 27.9 Å². The number of carbonyl (C=O) groups is 2. The second-order valence-electron chi connectivity index (χ2n) is 5.90. The van der Waals surface area contributed by atoms with Crippen LogP contribution in [0.2, 0.25) is 5.02 Å². The summed E-state index contributed by atoms with van der Waals surface area (Å²) < 4.78 is 5.22. The SMILES string of the molecule is COc1cccc(C2C(Cl)C(=O)N2N=C2C(=O)Nc3ccc(Cl)cc32)c1. The second kappa shape index (κ2) is 6.30. The van der Waals surface area contributed by atoms with Gasteiger partial charge < -0.3 is 10.1 Å². The van der Waals surface area contributed by atoms with E-state index in [9.17, 15) is 9.59 Å². The van der Waals surface area contributed by atoms with E-state index in [1.54, 1.807) is 37.4 Å². The van der Waals surface area contributed by atoms with Crippen molar-refractivity contribution in [2.45, 2.75) is 11.4 Å². The molecule has 0 radical (unpaired) electrons. The number of rotatable bonds is 3. The van der Waals surface area contributed by atoms with E-state index >= 15 is 0 Å². The molecule has 0 aliphatic carbocycles. The minimum atomic E-state index is -0.755. The molecule has 4 rings (SSSR count). The number of benzene rings is 2. The van der Waals surface area contributed by atoms with Crippen molar-refractivity contribution < 1.29 is 14.3 Å². The number of carbonyl (C=O) groups excluding carboxylic acids is 2. The minimum Gasteiger partial charge on any atom is -0.497 e. The number of β-lactam (4-membered cyclic amide) rings is 1. The summed E-state index contributed by atoms with van der Waals surface area (Å²) in [6.07, 6.45) is 0.